The molecule has 0 aliphatic rings. The molecule has 10 heteroatoms. The first-order valence-electron chi connectivity index (χ1n) is 4.91. The second-order valence-electron chi connectivity index (χ2n) is 3.97. The van der Waals surface area contributed by atoms with Crippen LogP contribution in [-0.4, -0.2) is 56.3 Å². The van der Waals surface area contributed by atoms with Crippen LogP contribution in [0, 0.1) is 0 Å². The summed E-state index contributed by atoms with van der Waals surface area (Å²) >= 11 is 0. The second-order valence-corrected chi connectivity index (χ2v) is 5.38. The number of alkyl halides is 3. The van der Waals surface area contributed by atoms with Crippen LogP contribution in [0.1, 0.15) is 6.92 Å². The van der Waals surface area contributed by atoms with Gasteiger partial charge in [-0.05, 0) is 6.92 Å². The molecule has 0 atom stereocenters. The molecule has 0 saturated carbocycles. The number of hydrogen-bond acceptors (Lipinski definition) is 4. The van der Waals surface area contributed by atoms with Gasteiger partial charge in [0.05, 0.1) is 20.6 Å². The smallest absolute Gasteiger partial charge is 0.412 e. The summed E-state index contributed by atoms with van der Waals surface area (Å²) in [5.41, 5.74) is -5.53. The lowest BCUT2D eigenvalue weighted by Crippen LogP contribution is -2.41. The van der Waals surface area contributed by atoms with Crippen molar-refractivity contribution in [2.45, 2.75) is 12.4 Å². The highest BCUT2D eigenvalue weighted by atomic mass is 32.2. The van der Waals surface area contributed by atoms with Crippen LogP contribution in [0.3, 0.4) is 0 Å². The summed E-state index contributed by atoms with van der Waals surface area (Å²) < 4.78 is 63.1. The standard InChI is InChI=1S/C8H16NO2.CHF3O3S/c1-5-8(10)11-7-9(3,4)6-2;2-1(3,4)8(5,6)7/h5H,1,6-7H2,2-4H3;(H,5,6,7)/q+1;. The van der Waals surface area contributed by atoms with E-state index in [9.17, 15) is 18.0 Å². The van der Waals surface area contributed by atoms with E-state index in [1.54, 1.807) is 0 Å². The quantitative estimate of drug-likeness (QED) is 0.210. The van der Waals surface area contributed by atoms with Gasteiger partial charge in [0.25, 0.3) is 0 Å². The maximum absolute atomic E-state index is 10.7. The molecule has 0 saturated heterocycles. The Balaban J connectivity index is 0. The fourth-order valence-electron chi connectivity index (χ4n) is 0.389. The van der Waals surface area contributed by atoms with E-state index in [1.165, 1.54) is 6.08 Å². The Morgan fingerprint density at radius 3 is 2.00 bits per heavy atom. The summed E-state index contributed by atoms with van der Waals surface area (Å²) in [6.07, 6.45) is 1.18. The van der Waals surface area contributed by atoms with Gasteiger partial charge < -0.3 is 4.74 Å². The van der Waals surface area contributed by atoms with Crippen LogP contribution in [0.5, 0.6) is 0 Å². The zero-order valence-electron chi connectivity index (χ0n) is 10.8. The lowest BCUT2D eigenvalue weighted by atomic mass is 10.5. The van der Waals surface area contributed by atoms with E-state index in [1.807, 2.05) is 21.0 Å². The third-order valence-electron chi connectivity index (χ3n) is 1.87. The molecule has 0 amide bonds. The van der Waals surface area contributed by atoms with Crippen molar-refractivity contribution >= 4 is 16.1 Å². The average Bonchev–Trinajstić information content (AvgIpc) is 2.24. The maximum atomic E-state index is 10.7. The molecular weight excluding hydrogens is 291 g/mol. The highest BCUT2D eigenvalue weighted by molar-refractivity contribution is 7.86. The highest BCUT2D eigenvalue weighted by Gasteiger charge is 2.44. The molecular formula is C9H17F3NO5S+. The number of carbonyl (C=O) groups excluding carboxylic acids is 1. The zero-order valence-corrected chi connectivity index (χ0v) is 11.6. The molecule has 0 unspecified atom stereocenters. The van der Waals surface area contributed by atoms with Crippen LogP contribution >= 0.6 is 0 Å². The fraction of sp³-hybridized carbons (Fsp3) is 0.667. The van der Waals surface area contributed by atoms with E-state index in [0.717, 1.165) is 6.54 Å². The van der Waals surface area contributed by atoms with Gasteiger partial charge in [0.2, 0.25) is 6.73 Å². The first-order chi connectivity index (χ1) is 8.27. The minimum absolute atomic E-state index is 0.357. The Labute approximate surface area is 109 Å². The molecule has 0 spiro atoms. The molecule has 0 aromatic carbocycles. The summed E-state index contributed by atoms with van der Waals surface area (Å²) in [5, 5.41) is 0. The minimum Gasteiger partial charge on any atom is -0.412 e. The molecule has 0 aromatic rings. The molecule has 6 nitrogen and oxygen atoms in total. The van der Waals surface area contributed by atoms with Gasteiger partial charge in [-0.15, -0.1) is 0 Å². The van der Waals surface area contributed by atoms with Crippen LogP contribution in [0.15, 0.2) is 12.7 Å². The fourth-order valence-corrected chi connectivity index (χ4v) is 0.389. The number of rotatable bonds is 4. The van der Waals surface area contributed by atoms with E-state index in [2.05, 4.69) is 6.58 Å². The Morgan fingerprint density at radius 1 is 1.42 bits per heavy atom. The molecule has 0 fully saturated rings. The van der Waals surface area contributed by atoms with Crippen LogP contribution < -0.4 is 0 Å². The molecule has 0 rings (SSSR count). The monoisotopic (exact) mass is 308 g/mol. The Morgan fingerprint density at radius 2 is 1.79 bits per heavy atom. The van der Waals surface area contributed by atoms with Crippen molar-refractivity contribution in [3.8, 4) is 0 Å². The molecule has 1 N–H and O–H groups in total. The number of quaternary nitrogens is 1. The normalized spacial score (nSPS) is 12.2. The summed E-state index contributed by atoms with van der Waals surface area (Å²) in [6.45, 7) is 6.69. The molecule has 0 heterocycles. The third kappa shape index (κ3) is 10.5. The van der Waals surface area contributed by atoms with Crippen molar-refractivity contribution in [2.75, 3.05) is 27.4 Å². The predicted octanol–water partition coefficient (Wildman–Crippen LogP) is 1.16. The van der Waals surface area contributed by atoms with Crippen LogP contribution in [0.2, 0.25) is 0 Å². The topological polar surface area (TPSA) is 80.7 Å². The Bertz CT molecular complexity index is 403. The first-order valence-corrected chi connectivity index (χ1v) is 6.35. The summed E-state index contributed by atoms with van der Waals surface area (Å²) in [5.74, 6) is -0.357. The van der Waals surface area contributed by atoms with Crippen molar-refractivity contribution < 1.29 is 40.2 Å². The summed E-state index contributed by atoms with van der Waals surface area (Å²) in [7, 11) is -1.85. The van der Waals surface area contributed by atoms with Gasteiger partial charge in [-0.1, -0.05) is 6.58 Å². The van der Waals surface area contributed by atoms with Crippen LogP contribution in [0.4, 0.5) is 13.2 Å². The number of nitrogens with zero attached hydrogens (tertiary/aromatic N) is 1. The number of carbonyl (C=O) groups is 1. The van der Waals surface area contributed by atoms with E-state index in [-0.39, 0.29) is 5.97 Å². The molecule has 114 valence electrons. The highest BCUT2D eigenvalue weighted by Crippen LogP contribution is 2.20. The predicted molar refractivity (Wildman–Crippen MR) is 61.4 cm³/mol. The molecule has 0 radical (unpaired) electrons. The van der Waals surface area contributed by atoms with Gasteiger partial charge in [0, 0.05) is 6.08 Å². The van der Waals surface area contributed by atoms with Gasteiger partial charge in [0.15, 0.2) is 0 Å². The van der Waals surface area contributed by atoms with Gasteiger partial charge in [-0.25, -0.2) is 4.79 Å². The molecule has 0 bridgehead atoms. The summed E-state index contributed by atoms with van der Waals surface area (Å²) in [6, 6.07) is 0. The number of ether oxygens (including phenoxy) is 1. The van der Waals surface area contributed by atoms with Crippen LogP contribution in [0.25, 0.3) is 0 Å². The number of hydrogen-bond donors (Lipinski definition) is 1. The SMILES string of the molecule is C=CC(=O)OC[N+](C)(C)CC.O=S(=O)(O)C(F)(F)F. The average molecular weight is 308 g/mol. The van der Waals surface area contributed by atoms with E-state index >= 15 is 0 Å². The first kappa shape index (κ1) is 20.2. The second kappa shape index (κ2) is 7.46. The van der Waals surface area contributed by atoms with Crippen molar-refractivity contribution in [1.82, 2.24) is 0 Å². The molecule has 0 aromatic heterocycles. The zero-order chi connectivity index (χ0) is 15.9. The lowest BCUT2D eigenvalue weighted by Gasteiger charge is -2.26. The minimum atomic E-state index is -5.84. The van der Waals surface area contributed by atoms with Gasteiger partial charge >= 0.3 is 21.6 Å². The van der Waals surface area contributed by atoms with Crippen LogP contribution in [-0.2, 0) is 19.6 Å². The van der Waals surface area contributed by atoms with E-state index in [4.69, 9.17) is 17.7 Å². The van der Waals surface area contributed by atoms with Crippen molar-refractivity contribution in [1.29, 1.82) is 0 Å². The Hall–Kier alpha value is -1.13. The van der Waals surface area contributed by atoms with E-state index < -0.39 is 15.6 Å². The van der Waals surface area contributed by atoms with Crippen molar-refractivity contribution in [3.05, 3.63) is 12.7 Å². The van der Waals surface area contributed by atoms with Crippen molar-refractivity contribution in [2.24, 2.45) is 0 Å². The lowest BCUT2D eigenvalue weighted by molar-refractivity contribution is -0.905. The third-order valence-corrected chi connectivity index (χ3v) is 2.46. The largest absolute Gasteiger partial charge is 0.522 e. The van der Waals surface area contributed by atoms with Gasteiger partial charge in [-0.3, -0.25) is 9.04 Å². The summed E-state index contributed by atoms with van der Waals surface area (Å²) in [4.78, 5) is 10.6. The number of halogens is 3. The molecule has 0 aliphatic heterocycles. The van der Waals surface area contributed by atoms with Crippen molar-refractivity contribution in [3.63, 3.8) is 0 Å². The molecule has 19 heavy (non-hydrogen) atoms. The van der Waals surface area contributed by atoms with Gasteiger partial charge in [0.1, 0.15) is 0 Å². The van der Waals surface area contributed by atoms with E-state index in [0.29, 0.717) is 11.2 Å². The Kier molecular flexibility index (Phi) is 7.93. The number of esters is 1. The molecule has 0 aliphatic carbocycles. The maximum Gasteiger partial charge on any atom is 0.522 e. The van der Waals surface area contributed by atoms with Gasteiger partial charge in [-0.2, -0.15) is 21.6 Å².